The van der Waals surface area contributed by atoms with Gasteiger partial charge in [-0.15, -0.1) is 0 Å². The van der Waals surface area contributed by atoms with Crippen LogP contribution in [0.15, 0.2) is 29.3 Å². The average Bonchev–Trinajstić information content (AvgIpc) is 2.83. The Kier molecular flexibility index (Phi) is 2.93. The molecule has 2 heterocycles. The summed E-state index contributed by atoms with van der Waals surface area (Å²) < 4.78 is 17.1. The first-order valence-corrected chi connectivity index (χ1v) is 7.81. The Morgan fingerprint density at radius 2 is 2.00 bits per heavy atom. The van der Waals surface area contributed by atoms with E-state index in [0.29, 0.717) is 25.6 Å². The van der Waals surface area contributed by atoms with E-state index < -0.39 is 22.7 Å². The molecule has 2 N–H and O–H groups in total. The lowest BCUT2D eigenvalue weighted by molar-refractivity contribution is -0.184. The second kappa shape index (κ2) is 4.70. The van der Waals surface area contributed by atoms with Gasteiger partial charge in [0.2, 0.25) is 0 Å². The van der Waals surface area contributed by atoms with Crippen LogP contribution in [0.4, 0.5) is 0 Å². The molecule has 3 aliphatic rings. The summed E-state index contributed by atoms with van der Waals surface area (Å²) in [4.78, 5) is 4.25. The second-order valence-electron chi connectivity index (χ2n) is 6.02. The molecule has 2 aliphatic heterocycles. The van der Waals surface area contributed by atoms with Crippen molar-refractivity contribution in [3.05, 3.63) is 29.8 Å². The number of benzene rings is 1. The van der Waals surface area contributed by atoms with Gasteiger partial charge < -0.3 is 19.9 Å². The van der Waals surface area contributed by atoms with Gasteiger partial charge in [0.05, 0.1) is 32.0 Å². The smallest absolute Gasteiger partial charge is 0.293 e. The van der Waals surface area contributed by atoms with Crippen LogP contribution in [0, 0.1) is 33.5 Å². The molecule has 7 nitrogen and oxygen atoms in total. The van der Waals surface area contributed by atoms with Crippen molar-refractivity contribution in [2.24, 2.45) is 21.6 Å². The summed E-state index contributed by atoms with van der Waals surface area (Å²) in [6, 6.07) is 11.9. The second-order valence-corrected chi connectivity index (χ2v) is 6.02. The van der Waals surface area contributed by atoms with Crippen molar-refractivity contribution in [3.63, 3.8) is 0 Å². The topological polar surface area (TPSA) is 114 Å². The van der Waals surface area contributed by atoms with Crippen LogP contribution in [0.5, 0.6) is 5.75 Å². The molecule has 24 heavy (non-hydrogen) atoms. The SMILES string of the molecule is CCOc1ccccc1C1C2(C#N)C(N)=NC3(OCCO3)C12C#N. The number of aliphatic imine (C=N–C) groups is 1. The molecular formula is C17H16N4O3. The zero-order valence-electron chi connectivity index (χ0n) is 13.2. The molecule has 1 aliphatic carbocycles. The van der Waals surface area contributed by atoms with Crippen LogP contribution >= 0.6 is 0 Å². The van der Waals surface area contributed by atoms with Crippen LogP contribution in [0.2, 0.25) is 0 Å². The first-order chi connectivity index (χ1) is 11.6. The number of fused-ring (bicyclic) bond motifs is 2. The van der Waals surface area contributed by atoms with Crippen LogP contribution in [-0.4, -0.2) is 31.6 Å². The minimum atomic E-state index is -1.51. The minimum absolute atomic E-state index is 0.0877. The molecule has 0 amide bonds. The fourth-order valence-electron chi connectivity index (χ4n) is 4.19. The average molecular weight is 324 g/mol. The summed E-state index contributed by atoms with van der Waals surface area (Å²) in [6.07, 6.45) is 0. The molecule has 4 rings (SSSR count). The van der Waals surface area contributed by atoms with Gasteiger partial charge in [-0.05, 0) is 13.0 Å². The molecule has 0 bridgehead atoms. The molecule has 122 valence electrons. The van der Waals surface area contributed by atoms with E-state index in [2.05, 4.69) is 17.1 Å². The monoisotopic (exact) mass is 324 g/mol. The molecule has 1 aromatic rings. The zero-order chi connectivity index (χ0) is 17.0. The van der Waals surface area contributed by atoms with E-state index in [-0.39, 0.29) is 5.84 Å². The molecule has 2 fully saturated rings. The van der Waals surface area contributed by atoms with Gasteiger partial charge in [-0.3, -0.25) is 0 Å². The van der Waals surface area contributed by atoms with Crippen LogP contribution in [-0.2, 0) is 9.47 Å². The van der Waals surface area contributed by atoms with E-state index in [1.54, 1.807) is 0 Å². The molecule has 1 spiro atoms. The van der Waals surface area contributed by atoms with Gasteiger partial charge in [-0.25, -0.2) is 4.99 Å². The molecule has 1 aromatic carbocycles. The highest BCUT2D eigenvalue weighted by Gasteiger charge is 2.94. The van der Waals surface area contributed by atoms with Gasteiger partial charge in [-0.1, -0.05) is 18.2 Å². The number of para-hydroxylation sites is 1. The molecule has 3 unspecified atom stereocenters. The molecular weight excluding hydrogens is 308 g/mol. The normalized spacial score (nSPS) is 35.0. The van der Waals surface area contributed by atoms with Crippen LogP contribution < -0.4 is 10.5 Å². The Hall–Kier alpha value is -2.61. The lowest BCUT2D eigenvalue weighted by Crippen LogP contribution is -2.38. The van der Waals surface area contributed by atoms with Gasteiger partial charge in [0, 0.05) is 11.5 Å². The number of rotatable bonds is 3. The number of amidine groups is 1. The molecule has 3 atom stereocenters. The third kappa shape index (κ3) is 1.36. The maximum absolute atomic E-state index is 10.0. The zero-order valence-corrected chi connectivity index (χ0v) is 13.2. The van der Waals surface area contributed by atoms with Gasteiger partial charge in [0.25, 0.3) is 5.91 Å². The van der Waals surface area contributed by atoms with Crippen molar-refractivity contribution in [3.8, 4) is 17.9 Å². The molecule has 0 radical (unpaired) electrons. The van der Waals surface area contributed by atoms with Crippen LogP contribution in [0.1, 0.15) is 18.4 Å². The van der Waals surface area contributed by atoms with Gasteiger partial charge >= 0.3 is 0 Å². The van der Waals surface area contributed by atoms with E-state index in [1.165, 1.54) is 0 Å². The number of nitriles is 2. The fraction of sp³-hybridized carbons (Fsp3) is 0.471. The van der Waals surface area contributed by atoms with Crippen molar-refractivity contribution < 1.29 is 14.2 Å². The highest BCUT2D eigenvalue weighted by atomic mass is 16.8. The van der Waals surface area contributed by atoms with Gasteiger partial charge in [0.1, 0.15) is 17.0 Å². The quantitative estimate of drug-likeness (QED) is 0.895. The van der Waals surface area contributed by atoms with Gasteiger partial charge in [0.15, 0.2) is 5.41 Å². The summed E-state index contributed by atoms with van der Waals surface area (Å²) in [7, 11) is 0. The Morgan fingerprint density at radius 1 is 1.29 bits per heavy atom. The predicted molar refractivity (Wildman–Crippen MR) is 82.7 cm³/mol. The highest BCUT2D eigenvalue weighted by Crippen LogP contribution is 2.82. The number of ether oxygens (including phenoxy) is 3. The van der Waals surface area contributed by atoms with Crippen molar-refractivity contribution in [2.75, 3.05) is 19.8 Å². The minimum Gasteiger partial charge on any atom is -0.494 e. The van der Waals surface area contributed by atoms with Crippen molar-refractivity contribution in [1.82, 2.24) is 0 Å². The first-order valence-electron chi connectivity index (χ1n) is 7.81. The summed E-state index contributed by atoms with van der Waals surface area (Å²) in [5, 5.41) is 19.9. The fourth-order valence-corrected chi connectivity index (χ4v) is 4.19. The van der Waals surface area contributed by atoms with E-state index >= 15 is 0 Å². The summed E-state index contributed by atoms with van der Waals surface area (Å²) >= 11 is 0. The Labute approximate surface area is 139 Å². The Balaban J connectivity index is 1.92. The number of nitrogens with two attached hydrogens (primary N) is 1. The first kappa shape index (κ1) is 14.9. The number of hydrogen-bond donors (Lipinski definition) is 1. The Bertz CT molecular complexity index is 818. The Morgan fingerprint density at radius 3 is 2.62 bits per heavy atom. The van der Waals surface area contributed by atoms with Gasteiger partial charge in [-0.2, -0.15) is 10.5 Å². The maximum atomic E-state index is 10.0. The lowest BCUT2D eigenvalue weighted by Gasteiger charge is -2.26. The lowest BCUT2D eigenvalue weighted by atomic mass is 9.94. The number of nitrogens with zero attached hydrogens (tertiary/aromatic N) is 3. The van der Waals surface area contributed by atoms with E-state index in [1.807, 2.05) is 31.2 Å². The molecule has 1 saturated heterocycles. The van der Waals surface area contributed by atoms with E-state index in [0.717, 1.165) is 5.56 Å². The third-order valence-electron chi connectivity index (χ3n) is 5.14. The summed E-state index contributed by atoms with van der Waals surface area (Å²) in [5.41, 5.74) is 4.29. The van der Waals surface area contributed by atoms with E-state index in [4.69, 9.17) is 19.9 Å². The number of hydrogen-bond acceptors (Lipinski definition) is 7. The van der Waals surface area contributed by atoms with E-state index in [9.17, 15) is 10.5 Å². The van der Waals surface area contributed by atoms with Crippen molar-refractivity contribution in [1.29, 1.82) is 10.5 Å². The third-order valence-corrected chi connectivity index (χ3v) is 5.14. The summed E-state index contributed by atoms with van der Waals surface area (Å²) in [5.74, 6) is -1.31. The molecule has 0 aromatic heterocycles. The van der Waals surface area contributed by atoms with Crippen LogP contribution in [0.25, 0.3) is 0 Å². The summed E-state index contributed by atoms with van der Waals surface area (Å²) in [6.45, 7) is 2.97. The standard InChI is InChI=1S/C17H16N4O3/c1-2-22-12-6-4-3-5-11(12)13-15(9-18)14(20)21-17(16(13,15)10-19)23-7-8-24-17/h3-6,13H,2,7-8H2,1H3,(H2,20,21). The molecule has 1 saturated carbocycles. The molecule has 7 heteroatoms. The van der Waals surface area contributed by atoms with Crippen molar-refractivity contribution >= 4 is 5.84 Å². The van der Waals surface area contributed by atoms with Crippen molar-refractivity contribution in [2.45, 2.75) is 18.8 Å². The largest absolute Gasteiger partial charge is 0.494 e. The van der Waals surface area contributed by atoms with Crippen LogP contribution in [0.3, 0.4) is 0 Å². The highest BCUT2D eigenvalue weighted by molar-refractivity contribution is 6.00. The maximum Gasteiger partial charge on any atom is 0.293 e. The predicted octanol–water partition coefficient (Wildman–Crippen LogP) is 1.27.